The summed E-state index contributed by atoms with van der Waals surface area (Å²) in [6, 6.07) is 0. The molecule has 0 fully saturated rings. The first-order valence-corrected chi connectivity index (χ1v) is 19.9. The van der Waals surface area contributed by atoms with E-state index in [1.165, 1.54) is 76.1 Å². The molecule has 0 saturated heterocycles. The van der Waals surface area contributed by atoms with Crippen LogP contribution < -0.4 is 0 Å². The summed E-state index contributed by atoms with van der Waals surface area (Å²) in [5.41, 5.74) is 1.27. The fourth-order valence-electron chi connectivity index (χ4n) is 3.72. The van der Waals surface area contributed by atoms with Crippen LogP contribution in [0.5, 0.6) is 0 Å². The van der Waals surface area contributed by atoms with Crippen molar-refractivity contribution >= 4 is 26.2 Å². The van der Waals surface area contributed by atoms with Crippen LogP contribution in [-0.2, 0) is 18.1 Å². The van der Waals surface area contributed by atoms with Crippen LogP contribution in [0.1, 0.15) is 72.6 Å². The van der Waals surface area contributed by atoms with Crippen LogP contribution in [0.15, 0.2) is 12.2 Å². The van der Waals surface area contributed by atoms with Gasteiger partial charge in [0.15, 0.2) is 0 Å². The summed E-state index contributed by atoms with van der Waals surface area (Å²) in [5.74, 6) is 0. The second-order valence-corrected chi connectivity index (χ2v) is 23.4. The van der Waals surface area contributed by atoms with E-state index in [-0.39, 0.29) is 6.10 Å². The third kappa shape index (κ3) is 10.8. The van der Waals surface area contributed by atoms with Gasteiger partial charge in [0.1, 0.15) is 0 Å². The van der Waals surface area contributed by atoms with Gasteiger partial charge in [0.05, 0.1) is 0 Å². The van der Waals surface area contributed by atoms with Gasteiger partial charge in [-0.1, -0.05) is 0 Å². The standard InChI is InChI=1S/C8H16O4P.3C4H9.Sn/c1-7(2)6-8(3)12-13(9,10-4)11-5;3*1-3-4-2;/h8H,1-2,6H2,3-5H3;3*1,3-4H2,2H3;. The molecule has 26 heavy (non-hydrogen) atoms. The van der Waals surface area contributed by atoms with Crippen LogP contribution in [0.2, 0.25) is 17.7 Å². The fraction of sp³-hybridized carbons (Fsp3) is 0.900. The van der Waals surface area contributed by atoms with Crippen LogP contribution in [0.3, 0.4) is 0 Å². The number of phosphoric ester groups is 1. The molecule has 0 rings (SSSR count). The van der Waals surface area contributed by atoms with Gasteiger partial charge in [-0.3, -0.25) is 0 Å². The quantitative estimate of drug-likeness (QED) is 0.118. The Labute approximate surface area is 166 Å². The number of rotatable bonds is 17. The molecule has 0 aromatic carbocycles. The summed E-state index contributed by atoms with van der Waals surface area (Å²) >= 11 is -2.22. The van der Waals surface area contributed by atoms with Crippen molar-refractivity contribution in [2.45, 2.75) is 96.5 Å². The predicted octanol–water partition coefficient (Wildman–Crippen LogP) is 7.59. The zero-order chi connectivity index (χ0) is 20.1. The van der Waals surface area contributed by atoms with Crippen LogP contribution in [0, 0.1) is 0 Å². The first-order valence-electron chi connectivity index (χ1n) is 10.4. The average Bonchev–Trinajstić information content (AvgIpc) is 2.62. The summed E-state index contributed by atoms with van der Waals surface area (Å²) in [6.07, 6.45) is 8.48. The maximum atomic E-state index is 12.2. The Morgan fingerprint density at radius 1 is 0.962 bits per heavy atom. The Bertz CT molecular complexity index is 398. The molecule has 0 aromatic rings. The molecular weight excluding hydrogens is 454 g/mol. The van der Waals surface area contributed by atoms with Crippen LogP contribution in [0.4, 0.5) is 0 Å². The molecule has 0 bridgehead atoms. The van der Waals surface area contributed by atoms with E-state index in [0.717, 1.165) is 6.42 Å². The summed E-state index contributed by atoms with van der Waals surface area (Å²) in [4.78, 5) is 0. The van der Waals surface area contributed by atoms with E-state index in [0.29, 0.717) is 0 Å². The van der Waals surface area contributed by atoms with Gasteiger partial charge in [-0.2, -0.15) is 0 Å². The molecule has 0 aliphatic carbocycles. The van der Waals surface area contributed by atoms with E-state index in [4.69, 9.17) is 13.6 Å². The summed E-state index contributed by atoms with van der Waals surface area (Å²) in [6.45, 7) is 13.2. The minimum atomic E-state index is -3.42. The van der Waals surface area contributed by atoms with Crippen LogP contribution in [0.25, 0.3) is 0 Å². The minimum absolute atomic E-state index is 0.208. The Morgan fingerprint density at radius 2 is 1.38 bits per heavy atom. The Morgan fingerprint density at radius 3 is 1.73 bits per heavy atom. The molecule has 1 atom stereocenters. The fourth-order valence-corrected chi connectivity index (χ4v) is 21.1. The van der Waals surface area contributed by atoms with E-state index in [2.05, 4.69) is 27.4 Å². The van der Waals surface area contributed by atoms with Crippen molar-refractivity contribution in [3.8, 4) is 0 Å². The monoisotopic (exact) mass is 498 g/mol. The van der Waals surface area contributed by atoms with Crippen LogP contribution >= 0.6 is 7.82 Å². The molecule has 1 unspecified atom stereocenters. The van der Waals surface area contributed by atoms with Crippen molar-refractivity contribution in [3.05, 3.63) is 12.2 Å². The number of phosphoric acid groups is 1. The molecule has 0 aliphatic heterocycles. The molecule has 0 N–H and O–H groups in total. The molecule has 6 heteroatoms. The van der Waals surface area contributed by atoms with Gasteiger partial charge in [0.2, 0.25) is 0 Å². The molecule has 0 heterocycles. The molecule has 0 aromatic heterocycles. The Balaban J connectivity index is 4.98. The van der Waals surface area contributed by atoms with Gasteiger partial charge in [-0.25, -0.2) is 0 Å². The van der Waals surface area contributed by atoms with Gasteiger partial charge >= 0.3 is 167 Å². The van der Waals surface area contributed by atoms with E-state index in [1.807, 2.05) is 6.92 Å². The van der Waals surface area contributed by atoms with Crippen molar-refractivity contribution in [2.24, 2.45) is 0 Å². The predicted molar refractivity (Wildman–Crippen MR) is 116 cm³/mol. The Hall–Kier alpha value is 0.649. The molecule has 0 radical (unpaired) electrons. The zero-order valence-electron chi connectivity index (χ0n) is 18.1. The summed E-state index contributed by atoms with van der Waals surface area (Å²) in [7, 11) is -0.712. The second-order valence-electron chi connectivity index (χ2n) is 7.67. The van der Waals surface area contributed by atoms with Crippen molar-refractivity contribution < 1.29 is 18.1 Å². The van der Waals surface area contributed by atoms with E-state index in [9.17, 15) is 4.57 Å². The third-order valence-corrected chi connectivity index (χ3v) is 22.3. The third-order valence-electron chi connectivity index (χ3n) is 5.14. The van der Waals surface area contributed by atoms with Gasteiger partial charge in [-0.05, 0) is 0 Å². The molecular formula is C20H43O4PSn. The first kappa shape index (κ1) is 26.6. The van der Waals surface area contributed by atoms with E-state index in [1.54, 1.807) is 0 Å². The average molecular weight is 497 g/mol. The molecule has 0 spiro atoms. The van der Waals surface area contributed by atoms with Gasteiger partial charge < -0.3 is 0 Å². The van der Waals surface area contributed by atoms with Gasteiger partial charge in [0, 0.05) is 0 Å². The van der Waals surface area contributed by atoms with E-state index < -0.39 is 26.2 Å². The Kier molecular flexibility index (Phi) is 15.0. The molecule has 4 nitrogen and oxygen atoms in total. The second kappa shape index (κ2) is 14.6. The number of hydrogen-bond donors (Lipinski definition) is 0. The van der Waals surface area contributed by atoms with Crippen molar-refractivity contribution in [2.75, 3.05) is 14.2 Å². The van der Waals surface area contributed by atoms with Crippen LogP contribution in [-0.4, -0.2) is 38.7 Å². The molecule has 0 aliphatic rings. The van der Waals surface area contributed by atoms with Crippen molar-refractivity contribution in [1.29, 1.82) is 0 Å². The van der Waals surface area contributed by atoms with Gasteiger partial charge in [-0.15, -0.1) is 0 Å². The number of hydrogen-bond acceptors (Lipinski definition) is 4. The van der Waals surface area contributed by atoms with Gasteiger partial charge in [0.25, 0.3) is 0 Å². The summed E-state index contributed by atoms with van der Waals surface area (Å²) < 4.78 is 33.2. The first-order chi connectivity index (χ1) is 12.3. The zero-order valence-corrected chi connectivity index (χ0v) is 21.9. The molecule has 0 amide bonds. The topological polar surface area (TPSA) is 44.8 Å². The molecule has 0 saturated carbocycles. The van der Waals surface area contributed by atoms with Crippen molar-refractivity contribution in [1.82, 2.24) is 0 Å². The SMILES string of the molecule is C=C(CC(C)OP(=O)(OC)OC)[CH2][Sn]([CH2]CCC)([CH2]CCC)[CH2]CCC. The maximum absolute atomic E-state index is 12.2. The van der Waals surface area contributed by atoms with Crippen molar-refractivity contribution in [3.63, 3.8) is 0 Å². The number of unbranched alkanes of at least 4 members (excludes halogenated alkanes) is 3. The van der Waals surface area contributed by atoms with E-state index >= 15 is 0 Å². The normalized spacial score (nSPS) is 13.8. The molecule has 156 valence electrons. The summed E-state index contributed by atoms with van der Waals surface area (Å²) in [5, 5.41) is 0.